The van der Waals surface area contributed by atoms with E-state index in [1.165, 1.54) is 5.56 Å². The fraction of sp³-hybridized carbons (Fsp3) is 0.520. The molecule has 0 radical (unpaired) electrons. The highest BCUT2D eigenvalue weighted by Crippen LogP contribution is 2.16. The quantitative estimate of drug-likeness (QED) is 0.691. The molecule has 0 saturated carbocycles. The number of benzene rings is 1. The second-order valence-corrected chi connectivity index (χ2v) is 8.94. The molecule has 1 aromatic heterocycles. The maximum atomic E-state index is 12.8. The number of methoxy groups -OCH3 is 1. The summed E-state index contributed by atoms with van der Waals surface area (Å²) in [5, 5.41) is 3.05. The molecule has 2 aromatic rings. The van der Waals surface area contributed by atoms with Gasteiger partial charge >= 0.3 is 0 Å². The van der Waals surface area contributed by atoms with Gasteiger partial charge in [-0.3, -0.25) is 19.4 Å². The van der Waals surface area contributed by atoms with Gasteiger partial charge in [-0.25, -0.2) is 0 Å². The van der Waals surface area contributed by atoms with Crippen LogP contribution in [0.25, 0.3) is 0 Å². The van der Waals surface area contributed by atoms with Gasteiger partial charge in [-0.15, -0.1) is 0 Å². The van der Waals surface area contributed by atoms with Gasteiger partial charge in [0.05, 0.1) is 13.7 Å². The van der Waals surface area contributed by atoms with Crippen LogP contribution in [0.15, 0.2) is 40.8 Å². The van der Waals surface area contributed by atoms with E-state index in [0.717, 1.165) is 70.2 Å². The number of piperazine rings is 1. The summed E-state index contributed by atoms with van der Waals surface area (Å²) in [6, 6.07) is 11.8. The minimum Gasteiger partial charge on any atom is -0.497 e. The molecule has 1 N–H and O–H groups in total. The van der Waals surface area contributed by atoms with Crippen molar-refractivity contribution >= 4 is 11.8 Å². The van der Waals surface area contributed by atoms with Gasteiger partial charge in [0.15, 0.2) is 5.76 Å². The topological polar surface area (TPSA) is 78.3 Å². The van der Waals surface area contributed by atoms with Crippen molar-refractivity contribution in [2.24, 2.45) is 0 Å². The summed E-state index contributed by atoms with van der Waals surface area (Å²) in [7, 11) is 1.68. The maximum Gasteiger partial charge on any atom is 0.287 e. The van der Waals surface area contributed by atoms with E-state index in [0.29, 0.717) is 12.3 Å². The highest BCUT2D eigenvalue weighted by molar-refractivity contribution is 5.91. The zero-order valence-corrected chi connectivity index (χ0v) is 19.6. The SMILES string of the molecule is COc1ccc(CN2CCN(C(=O)CN3CCC(NC(=O)c4ccc(C)o4)CC3)CC2)cc1. The van der Waals surface area contributed by atoms with Crippen molar-refractivity contribution in [3.05, 3.63) is 53.5 Å². The van der Waals surface area contributed by atoms with Crippen LogP contribution in [0.2, 0.25) is 0 Å². The lowest BCUT2D eigenvalue weighted by Gasteiger charge is -2.37. The molecule has 0 bridgehead atoms. The number of ether oxygens (including phenoxy) is 1. The second-order valence-electron chi connectivity index (χ2n) is 8.94. The summed E-state index contributed by atoms with van der Waals surface area (Å²) in [6.07, 6.45) is 1.68. The third-order valence-electron chi connectivity index (χ3n) is 6.54. The lowest BCUT2D eigenvalue weighted by molar-refractivity contribution is -0.134. The minimum absolute atomic E-state index is 0.121. The lowest BCUT2D eigenvalue weighted by atomic mass is 10.0. The van der Waals surface area contributed by atoms with E-state index in [2.05, 4.69) is 27.2 Å². The molecule has 0 aliphatic carbocycles. The van der Waals surface area contributed by atoms with Crippen LogP contribution in [-0.4, -0.2) is 85.5 Å². The first-order valence-corrected chi connectivity index (χ1v) is 11.7. The number of carbonyl (C=O) groups excluding carboxylic acids is 2. The summed E-state index contributed by atoms with van der Waals surface area (Å²) < 4.78 is 10.6. The number of piperidine rings is 1. The molecule has 8 nitrogen and oxygen atoms in total. The van der Waals surface area contributed by atoms with Crippen LogP contribution in [0.4, 0.5) is 0 Å². The molecule has 2 aliphatic heterocycles. The van der Waals surface area contributed by atoms with Gasteiger partial charge in [-0.2, -0.15) is 0 Å². The van der Waals surface area contributed by atoms with Crippen molar-refractivity contribution in [1.29, 1.82) is 0 Å². The van der Waals surface area contributed by atoms with Crippen LogP contribution >= 0.6 is 0 Å². The number of furan rings is 1. The van der Waals surface area contributed by atoms with Gasteiger partial charge in [0.2, 0.25) is 5.91 Å². The molecular weight excluding hydrogens is 420 g/mol. The van der Waals surface area contributed by atoms with Crippen LogP contribution in [0.5, 0.6) is 5.75 Å². The number of rotatable bonds is 7. The molecular formula is C25H34N4O4. The van der Waals surface area contributed by atoms with E-state index < -0.39 is 0 Å². The summed E-state index contributed by atoms with van der Waals surface area (Å²) >= 11 is 0. The third kappa shape index (κ3) is 6.36. The molecule has 0 spiro atoms. The van der Waals surface area contributed by atoms with Crippen LogP contribution in [0.1, 0.15) is 34.7 Å². The van der Waals surface area contributed by atoms with Crippen molar-refractivity contribution in [3.63, 3.8) is 0 Å². The molecule has 2 saturated heterocycles. The first-order valence-electron chi connectivity index (χ1n) is 11.7. The van der Waals surface area contributed by atoms with Crippen molar-refractivity contribution in [3.8, 4) is 5.75 Å². The molecule has 2 aliphatic rings. The van der Waals surface area contributed by atoms with Gasteiger partial charge in [0.1, 0.15) is 11.5 Å². The molecule has 2 fully saturated rings. The molecule has 8 heteroatoms. The minimum atomic E-state index is -0.162. The van der Waals surface area contributed by atoms with Crippen molar-refractivity contribution < 1.29 is 18.7 Å². The van der Waals surface area contributed by atoms with Gasteiger partial charge in [0, 0.05) is 51.9 Å². The van der Waals surface area contributed by atoms with E-state index in [-0.39, 0.29) is 17.9 Å². The van der Waals surface area contributed by atoms with Crippen LogP contribution < -0.4 is 10.1 Å². The summed E-state index contributed by atoms with van der Waals surface area (Å²) in [6.45, 7) is 8.10. The molecule has 0 unspecified atom stereocenters. The number of hydrogen-bond acceptors (Lipinski definition) is 6. The van der Waals surface area contributed by atoms with Gasteiger partial charge < -0.3 is 19.4 Å². The Morgan fingerprint density at radius 2 is 1.67 bits per heavy atom. The summed E-state index contributed by atoms with van der Waals surface area (Å²) in [5.41, 5.74) is 1.26. The predicted molar refractivity (Wildman–Crippen MR) is 125 cm³/mol. The highest BCUT2D eigenvalue weighted by Gasteiger charge is 2.26. The largest absolute Gasteiger partial charge is 0.497 e. The van der Waals surface area contributed by atoms with Crippen molar-refractivity contribution in [2.45, 2.75) is 32.4 Å². The Hall–Kier alpha value is -2.84. The Labute approximate surface area is 195 Å². The third-order valence-corrected chi connectivity index (χ3v) is 6.54. The molecule has 1 aromatic carbocycles. The Morgan fingerprint density at radius 1 is 0.970 bits per heavy atom. The monoisotopic (exact) mass is 454 g/mol. The van der Waals surface area contributed by atoms with E-state index in [1.54, 1.807) is 19.2 Å². The Bertz CT molecular complexity index is 926. The van der Waals surface area contributed by atoms with E-state index in [4.69, 9.17) is 9.15 Å². The zero-order valence-electron chi connectivity index (χ0n) is 19.6. The number of aryl methyl sites for hydroxylation is 1. The van der Waals surface area contributed by atoms with Crippen molar-refractivity contribution in [1.82, 2.24) is 20.0 Å². The smallest absolute Gasteiger partial charge is 0.287 e. The number of amides is 2. The van der Waals surface area contributed by atoms with E-state index in [9.17, 15) is 9.59 Å². The summed E-state index contributed by atoms with van der Waals surface area (Å²) in [5.74, 6) is 2.00. The summed E-state index contributed by atoms with van der Waals surface area (Å²) in [4.78, 5) is 31.7. The van der Waals surface area contributed by atoms with Crippen molar-refractivity contribution in [2.75, 3.05) is 52.9 Å². The van der Waals surface area contributed by atoms with Gasteiger partial charge in [0.25, 0.3) is 5.91 Å². The number of hydrogen-bond donors (Lipinski definition) is 1. The van der Waals surface area contributed by atoms with Gasteiger partial charge in [-0.05, 0) is 49.6 Å². The van der Waals surface area contributed by atoms with Gasteiger partial charge in [-0.1, -0.05) is 12.1 Å². The fourth-order valence-corrected chi connectivity index (χ4v) is 4.48. The predicted octanol–water partition coefficient (Wildman–Crippen LogP) is 2.14. The second kappa shape index (κ2) is 10.9. The number of carbonyl (C=O) groups is 2. The maximum absolute atomic E-state index is 12.8. The Kier molecular flexibility index (Phi) is 7.67. The normalized spacial score (nSPS) is 18.3. The molecule has 0 atom stereocenters. The molecule has 178 valence electrons. The first kappa shape index (κ1) is 23.3. The van der Waals surface area contributed by atoms with Crippen LogP contribution in [-0.2, 0) is 11.3 Å². The first-order chi connectivity index (χ1) is 16.0. The number of nitrogens with one attached hydrogen (secondary N) is 1. The molecule has 2 amide bonds. The van der Waals surface area contributed by atoms with Crippen LogP contribution in [0.3, 0.4) is 0 Å². The molecule has 4 rings (SSSR count). The molecule has 33 heavy (non-hydrogen) atoms. The Balaban J connectivity index is 1.15. The zero-order chi connectivity index (χ0) is 23.2. The highest BCUT2D eigenvalue weighted by atomic mass is 16.5. The average Bonchev–Trinajstić information content (AvgIpc) is 3.28. The van der Waals surface area contributed by atoms with Crippen LogP contribution in [0, 0.1) is 6.92 Å². The number of likely N-dealkylation sites (tertiary alicyclic amines) is 1. The number of nitrogens with zero attached hydrogens (tertiary/aromatic N) is 3. The Morgan fingerprint density at radius 3 is 2.27 bits per heavy atom. The fourth-order valence-electron chi connectivity index (χ4n) is 4.48. The standard InChI is InChI=1S/C25H34N4O4/c1-19-3-8-23(33-19)25(31)26-21-9-11-27(12-10-21)18-24(30)29-15-13-28(14-16-29)17-20-4-6-22(32-2)7-5-20/h3-8,21H,9-18H2,1-2H3,(H,26,31). The average molecular weight is 455 g/mol. The lowest BCUT2D eigenvalue weighted by Crippen LogP contribution is -2.52. The van der Waals surface area contributed by atoms with E-state index in [1.807, 2.05) is 24.0 Å². The van der Waals surface area contributed by atoms with E-state index >= 15 is 0 Å². The molecule has 3 heterocycles.